The molecule has 0 aliphatic rings. The van der Waals surface area contributed by atoms with E-state index in [0.717, 1.165) is 0 Å². The summed E-state index contributed by atoms with van der Waals surface area (Å²) in [7, 11) is 4.17. The molecule has 0 amide bonds. The quantitative estimate of drug-likeness (QED) is 0.636. The van der Waals surface area contributed by atoms with Gasteiger partial charge in [-0.1, -0.05) is 12.1 Å². The predicted molar refractivity (Wildman–Crippen MR) is 78.5 cm³/mol. The van der Waals surface area contributed by atoms with Gasteiger partial charge in [0, 0.05) is 5.54 Å². The van der Waals surface area contributed by atoms with Crippen LogP contribution in [-0.2, 0) is 0 Å². The minimum absolute atomic E-state index is 0.0544. The summed E-state index contributed by atoms with van der Waals surface area (Å²) >= 11 is 0. The standard InChI is InChI=1S/C15H27N3/c1-10-8-12(3)13(9-11(10)2)14(17-16)15(4,5)18(6)7/h8-9,14,17H,16H2,1-7H3. The van der Waals surface area contributed by atoms with Crippen LogP contribution in [0.3, 0.4) is 0 Å². The predicted octanol–water partition coefficient (Wildman–Crippen LogP) is 2.46. The SMILES string of the molecule is Cc1cc(C)c(C(NN)C(C)(C)N(C)C)cc1C. The third-order valence-electron chi connectivity index (χ3n) is 4.22. The lowest BCUT2D eigenvalue weighted by molar-refractivity contribution is 0.138. The van der Waals surface area contributed by atoms with Crippen molar-refractivity contribution in [3.8, 4) is 0 Å². The fraction of sp³-hybridized carbons (Fsp3) is 0.600. The number of benzene rings is 1. The highest BCUT2D eigenvalue weighted by atomic mass is 15.3. The van der Waals surface area contributed by atoms with E-state index in [-0.39, 0.29) is 11.6 Å². The minimum Gasteiger partial charge on any atom is -0.302 e. The van der Waals surface area contributed by atoms with Gasteiger partial charge in [0.15, 0.2) is 0 Å². The first-order valence-electron chi connectivity index (χ1n) is 6.43. The molecule has 0 spiro atoms. The molecule has 0 bridgehead atoms. The van der Waals surface area contributed by atoms with Crippen LogP contribution in [0.4, 0.5) is 0 Å². The molecule has 3 nitrogen and oxygen atoms in total. The number of hydrogen-bond donors (Lipinski definition) is 2. The van der Waals surface area contributed by atoms with Crippen LogP contribution < -0.4 is 11.3 Å². The summed E-state index contributed by atoms with van der Waals surface area (Å²) in [5, 5.41) is 0. The van der Waals surface area contributed by atoms with Crippen molar-refractivity contribution in [2.75, 3.05) is 14.1 Å². The van der Waals surface area contributed by atoms with E-state index < -0.39 is 0 Å². The van der Waals surface area contributed by atoms with Crippen LogP contribution in [0.5, 0.6) is 0 Å². The third-order valence-corrected chi connectivity index (χ3v) is 4.22. The molecular weight excluding hydrogens is 222 g/mol. The summed E-state index contributed by atoms with van der Waals surface area (Å²) in [6.07, 6.45) is 0. The maximum absolute atomic E-state index is 5.81. The van der Waals surface area contributed by atoms with Crippen molar-refractivity contribution in [1.29, 1.82) is 0 Å². The van der Waals surface area contributed by atoms with E-state index >= 15 is 0 Å². The molecule has 3 N–H and O–H groups in total. The fourth-order valence-electron chi connectivity index (χ4n) is 2.23. The van der Waals surface area contributed by atoms with Crippen LogP contribution >= 0.6 is 0 Å². The van der Waals surface area contributed by atoms with Crippen molar-refractivity contribution in [3.05, 3.63) is 34.4 Å². The van der Waals surface area contributed by atoms with Crippen LogP contribution in [0.15, 0.2) is 12.1 Å². The first-order chi connectivity index (χ1) is 8.21. The Bertz CT molecular complexity index is 422. The molecule has 1 aromatic rings. The molecule has 0 aromatic heterocycles. The molecule has 3 heteroatoms. The number of hydrogen-bond acceptors (Lipinski definition) is 3. The Hall–Kier alpha value is -0.900. The number of nitrogens with zero attached hydrogens (tertiary/aromatic N) is 1. The Labute approximate surface area is 111 Å². The largest absolute Gasteiger partial charge is 0.302 e. The number of hydrazine groups is 1. The minimum atomic E-state index is -0.0544. The summed E-state index contributed by atoms with van der Waals surface area (Å²) in [4.78, 5) is 2.20. The topological polar surface area (TPSA) is 41.3 Å². The van der Waals surface area contributed by atoms with Gasteiger partial charge in [-0.3, -0.25) is 11.3 Å². The third kappa shape index (κ3) is 2.74. The Balaban J connectivity index is 3.30. The van der Waals surface area contributed by atoms with Crippen molar-refractivity contribution in [2.45, 2.75) is 46.2 Å². The van der Waals surface area contributed by atoms with Crippen molar-refractivity contribution < 1.29 is 0 Å². The van der Waals surface area contributed by atoms with Gasteiger partial charge in [0.1, 0.15) is 0 Å². The van der Waals surface area contributed by atoms with Gasteiger partial charge >= 0.3 is 0 Å². The van der Waals surface area contributed by atoms with Gasteiger partial charge in [-0.15, -0.1) is 0 Å². The molecule has 0 heterocycles. The van der Waals surface area contributed by atoms with E-state index in [2.05, 4.69) is 71.2 Å². The Morgan fingerprint density at radius 2 is 1.56 bits per heavy atom. The Morgan fingerprint density at radius 1 is 1.06 bits per heavy atom. The highest BCUT2D eigenvalue weighted by Crippen LogP contribution is 2.32. The van der Waals surface area contributed by atoms with Crippen molar-refractivity contribution in [3.63, 3.8) is 0 Å². The number of nitrogens with one attached hydrogen (secondary N) is 1. The van der Waals surface area contributed by atoms with E-state index in [1.165, 1.54) is 22.3 Å². The second kappa shape index (κ2) is 5.39. The van der Waals surface area contributed by atoms with E-state index in [9.17, 15) is 0 Å². The molecule has 0 saturated heterocycles. The van der Waals surface area contributed by atoms with Gasteiger partial charge in [-0.2, -0.15) is 0 Å². The van der Waals surface area contributed by atoms with E-state index in [4.69, 9.17) is 5.84 Å². The molecule has 1 atom stereocenters. The average Bonchev–Trinajstić information content (AvgIpc) is 2.25. The number of rotatable bonds is 4. The molecule has 0 fully saturated rings. The summed E-state index contributed by atoms with van der Waals surface area (Å²) in [5.74, 6) is 5.81. The monoisotopic (exact) mass is 249 g/mol. The molecular formula is C15H27N3. The molecule has 18 heavy (non-hydrogen) atoms. The molecule has 0 saturated carbocycles. The second-order valence-corrected chi connectivity index (χ2v) is 5.94. The molecule has 0 aliphatic heterocycles. The molecule has 1 unspecified atom stereocenters. The summed E-state index contributed by atoms with van der Waals surface area (Å²) < 4.78 is 0. The van der Waals surface area contributed by atoms with Crippen LogP contribution in [-0.4, -0.2) is 24.5 Å². The average molecular weight is 249 g/mol. The number of likely N-dealkylation sites (N-methyl/N-ethyl adjacent to an activating group) is 1. The van der Waals surface area contributed by atoms with Gasteiger partial charge in [0.25, 0.3) is 0 Å². The normalized spacial score (nSPS) is 14.1. The molecule has 102 valence electrons. The second-order valence-electron chi connectivity index (χ2n) is 5.94. The van der Waals surface area contributed by atoms with E-state index in [1.807, 2.05) is 0 Å². The van der Waals surface area contributed by atoms with Gasteiger partial charge < -0.3 is 4.90 Å². The van der Waals surface area contributed by atoms with Crippen molar-refractivity contribution >= 4 is 0 Å². The summed E-state index contributed by atoms with van der Waals surface area (Å²) in [6.45, 7) is 10.8. The molecule has 0 radical (unpaired) electrons. The Kier molecular flexibility index (Phi) is 4.54. The molecule has 0 aliphatic carbocycles. The summed E-state index contributed by atoms with van der Waals surface area (Å²) in [6, 6.07) is 4.59. The van der Waals surface area contributed by atoms with Gasteiger partial charge in [0.05, 0.1) is 6.04 Å². The van der Waals surface area contributed by atoms with Crippen molar-refractivity contribution in [2.24, 2.45) is 5.84 Å². The molecule has 1 aromatic carbocycles. The van der Waals surface area contributed by atoms with E-state index in [1.54, 1.807) is 0 Å². The fourth-order valence-corrected chi connectivity index (χ4v) is 2.23. The lowest BCUT2D eigenvalue weighted by Gasteiger charge is -2.40. The van der Waals surface area contributed by atoms with Crippen LogP contribution in [0, 0.1) is 20.8 Å². The zero-order valence-electron chi connectivity index (χ0n) is 12.8. The zero-order valence-corrected chi connectivity index (χ0v) is 12.8. The number of nitrogens with two attached hydrogens (primary N) is 1. The first kappa shape index (κ1) is 15.2. The molecule has 1 rings (SSSR count). The van der Waals surface area contributed by atoms with Crippen molar-refractivity contribution in [1.82, 2.24) is 10.3 Å². The number of aryl methyl sites for hydroxylation is 3. The van der Waals surface area contributed by atoms with Gasteiger partial charge in [0.2, 0.25) is 0 Å². The highest BCUT2D eigenvalue weighted by Gasteiger charge is 2.33. The van der Waals surface area contributed by atoms with Gasteiger partial charge in [-0.25, -0.2) is 0 Å². The maximum atomic E-state index is 5.81. The lowest BCUT2D eigenvalue weighted by Crippen LogP contribution is -2.51. The lowest BCUT2D eigenvalue weighted by atomic mass is 9.84. The Morgan fingerprint density at radius 3 is 2.00 bits per heavy atom. The van der Waals surface area contributed by atoms with Crippen LogP contribution in [0.1, 0.15) is 42.1 Å². The maximum Gasteiger partial charge on any atom is 0.0641 e. The summed E-state index contributed by atoms with van der Waals surface area (Å²) in [5.41, 5.74) is 8.14. The highest BCUT2D eigenvalue weighted by molar-refractivity contribution is 5.39. The van der Waals surface area contributed by atoms with Crippen LogP contribution in [0.2, 0.25) is 0 Å². The van der Waals surface area contributed by atoms with Gasteiger partial charge in [-0.05, 0) is 71.0 Å². The first-order valence-corrected chi connectivity index (χ1v) is 6.43. The van der Waals surface area contributed by atoms with E-state index in [0.29, 0.717) is 0 Å². The zero-order chi connectivity index (χ0) is 14.1. The van der Waals surface area contributed by atoms with Crippen LogP contribution in [0.25, 0.3) is 0 Å². The smallest absolute Gasteiger partial charge is 0.0641 e.